The van der Waals surface area contributed by atoms with E-state index in [1.54, 1.807) is 12.1 Å². The Bertz CT molecular complexity index is 608. The van der Waals surface area contributed by atoms with Gasteiger partial charge in [0, 0.05) is 16.1 Å². The molecule has 0 bridgehead atoms. The minimum atomic E-state index is -0.247. The maximum absolute atomic E-state index is 14.2. The zero-order valence-corrected chi connectivity index (χ0v) is 13.7. The normalized spacial score (nSPS) is 12.4. The zero-order valence-electron chi connectivity index (χ0n) is 12.1. The summed E-state index contributed by atoms with van der Waals surface area (Å²) in [5, 5.41) is 3.31. The molecular formula is C17H18BrF2N. The average Bonchev–Trinajstić information content (AvgIpc) is 2.41. The third kappa shape index (κ3) is 3.89. The summed E-state index contributed by atoms with van der Waals surface area (Å²) >= 11 is 3.42. The van der Waals surface area contributed by atoms with Gasteiger partial charge >= 0.3 is 0 Å². The van der Waals surface area contributed by atoms with Crippen LogP contribution < -0.4 is 5.32 Å². The van der Waals surface area contributed by atoms with Crippen LogP contribution in [0.4, 0.5) is 8.78 Å². The van der Waals surface area contributed by atoms with Crippen LogP contribution in [0.15, 0.2) is 40.9 Å². The van der Waals surface area contributed by atoms with E-state index in [0.717, 1.165) is 22.1 Å². The number of halogens is 3. The maximum atomic E-state index is 14.2. The lowest BCUT2D eigenvalue weighted by atomic mass is 9.95. The summed E-state index contributed by atoms with van der Waals surface area (Å²) < 4.78 is 28.1. The number of aryl methyl sites for hydroxylation is 1. The molecule has 0 radical (unpaired) electrons. The molecule has 1 nitrogen and oxygen atoms in total. The van der Waals surface area contributed by atoms with Crippen LogP contribution in [0.25, 0.3) is 0 Å². The molecule has 112 valence electrons. The highest BCUT2D eigenvalue weighted by atomic mass is 79.9. The zero-order chi connectivity index (χ0) is 15.4. The van der Waals surface area contributed by atoms with Gasteiger partial charge in [0.1, 0.15) is 11.6 Å². The fourth-order valence-electron chi connectivity index (χ4n) is 2.47. The number of nitrogens with one attached hydrogen (secondary N) is 1. The second kappa shape index (κ2) is 7.14. The summed E-state index contributed by atoms with van der Waals surface area (Å²) in [7, 11) is 0. The highest BCUT2D eigenvalue weighted by Crippen LogP contribution is 2.29. The van der Waals surface area contributed by atoms with Gasteiger partial charge in [-0.3, -0.25) is 0 Å². The van der Waals surface area contributed by atoms with Crippen LogP contribution in [0.1, 0.15) is 29.7 Å². The fourth-order valence-corrected chi connectivity index (χ4v) is 3.09. The SMILES string of the molecule is CCNC(Cc1ccc(F)cc1C)c1c(F)cccc1Br. The Kier molecular flexibility index (Phi) is 5.48. The van der Waals surface area contributed by atoms with Crippen molar-refractivity contribution in [1.29, 1.82) is 0 Å². The Morgan fingerprint density at radius 2 is 1.95 bits per heavy atom. The van der Waals surface area contributed by atoms with Gasteiger partial charge in [0.2, 0.25) is 0 Å². The van der Waals surface area contributed by atoms with Crippen LogP contribution in [-0.4, -0.2) is 6.54 Å². The standard InChI is InChI=1S/C17H18BrF2N/c1-3-21-16(17-14(18)5-4-6-15(17)20)10-12-7-8-13(19)9-11(12)2/h4-9,16,21H,3,10H2,1-2H3. The number of likely N-dealkylation sites (N-methyl/N-ethyl adjacent to an activating group) is 1. The first-order chi connectivity index (χ1) is 10.0. The molecule has 0 amide bonds. The van der Waals surface area contributed by atoms with Crippen molar-refractivity contribution >= 4 is 15.9 Å². The molecule has 0 fully saturated rings. The quantitative estimate of drug-likeness (QED) is 0.803. The lowest BCUT2D eigenvalue weighted by Gasteiger charge is -2.21. The molecular weight excluding hydrogens is 336 g/mol. The highest BCUT2D eigenvalue weighted by Gasteiger charge is 2.19. The van der Waals surface area contributed by atoms with E-state index in [-0.39, 0.29) is 17.7 Å². The number of hydrogen-bond donors (Lipinski definition) is 1. The smallest absolute Gasteiger partial charge is 0.129 e. The van der Waals surface area contributed by atoms with Gasteiger partial charge in [0.05, 0.1) is 0 Å². The molecule has 4 heteroatoms. The molecule has 2 aromatic carbocycles. The highest BCUT2D eigenvalue weighted by molar-refractivity contribution is 9.10. The van der Waals surface area contributed by atoms with Crippen molar-refractivity contribution in [2.75, 3.05) is 6.54 Å². The summed E-state index contributed by atoms with van der Waals surface area (Å²) in [5.74, 6) is -0.488. The Labute approximate surface area is 132 Å². The number of rotatable bonds is 5. The summed E-state index contributed by atoms with van der Waals surface area (Å²) in [6.45, 7) is 4.59. The maximum Gasteiger partial charge on any atom is 0.129 e. The van der Waals surface area contributed by atoms with Gasteiger partial charge in [-0.25, -0.2) is 8.78 Å². The van der Waals surface area contributed by atoms with E-state index in [0.29, 0.717) is 12.0 Å². The third-order valence-corrected chi connectivity index (χ3v) is 4.22. The van der Waals surface area contributed by atoms with E-state index in [9.17, 15) is 8.78 Å². The molecule has 0 aliphatic rings. The van der Waals surface area contributed by atoms with Crippen molar-refractivity contribution in [3.8, 4) is 0 Å². The van der Waals surface area contributed by atoms with E-state index in [1.807, 2.05) is 19.9 Å². The predicted octanol–water partition coefficient (Wildman–Crippen LogP) is 4.93. The minimum Gasteiger partial charge on any atom is -0.310 e. The van der Waals surface area contributed by atoms with Gasteiger partial charge in [0.25, 0.3) is 0 Å². The van der Waals surface area contributed by atoms with Crippen LogP contribution >= 0.6 is 15.9 Å². The van der Waals surface area contributed by atoms with E-state index < -0.39 is 0 Å². The van der Waals surface area contributed by atoms with E-state index in [4.69, 9.17) is 0 Å². The van der Waals surface area contributed by atoms with Gasteiger partial charge in [-0.2, -0.15) is 0 Å². The molecule has 2 aromatic rings. The van der Waals surface area contributed by atoms with Crippen molar-refractivity contribution < 1.29 is 8.78 Å². The summed E-state index contributed by atoms with van der Waals surface area (Å²) in [6, 6.07) is 9.53. The third-order valence-electron chi connectivity index (χ3n) is 3.53. The molecule has 0 spiro atoms. The predicted molar refractivity (Wildman–Crippen MR) is 85.4 cm³/mol. The first-order valence-electron chi connectivity index (χ1n) is 6.95. The van der Waals surface area contributed by atoms with Crippen molar-refractivity contribution in [1.82, 2.24) is 5.32 Å². The van der Waals surface area contributed by atoms with Gasteiger partial charge in [-0.15, -0.1) is 0 Å². The van der Waals surface area contributed by atoms with Gasteiger partial charge in [-0.05, 0) is 55.3 Å². The van der Waals surface area contributed by atoms with E-state index >= 15 is 0 Å². The number of hydrogen-bond acceptors (Lipinski definition) is 1. The van der Waals surface area contributed by atoms with Gasteiger partial charge < -0.3 is 5.32 Å². The Morgan fingerprint density at radius 3 is 2.57 bits per heavy atom. The first-order valence-corrected chi connectivity index (χ1v) is 7.74. The topological polar surface area (TPSA) is 12.0 Å². The van der Waals surface area contributed by atoms with Crippen LogP contribution in [-0.2, 0) is 6.42 Å². The summed E-state index contributed by atoms with van der Waals surface area (Å²) in [4.78, 5) is 0. The van der Waals surface area contributed by atoms with Crippen LogP contribution in [0, 0.1) is 18.6 Å². The molecule has 0 saturated carbocycles. The number of benzene rings is 2. The Balaban J connectivity index is 2.35. The first kappa shape index (κ1) is 16.1. The van der Waals surface area contributed by atoms with E-state index in [2.05, 4.69) is 21.2 Å². The molecule has 0 aliphatic heterocycles. The van der Waals surface area contributed by atoms with Crippen molar-refractivity contribution in [3.05, 3.63) is 69.2 Å². The second-order valence-corrected chi connectivity index (χ2v) is 5.87. The Hall–Kier alpha value is -1.26. The monoisotopic (exact) mass is 353 g/mol. The molecule has 21 heavy (non-hydrogen) atoms. The molecule has 0 aromatic heterocycles. The van der Waals surface area contributed by atoms with Gasteiger partial charge in [-0.1, -0.05) is 35.0 Å². The van der Waals surface area contributed by atoms with Crippen LogP contribution in [0.3, 0.4) is 0 Å². The van der Waals surface area contributed by atoms with Crippen LogP contribution in [0.5, 0.6) is 0 Å². The molecule has 0 heterocycles. The average molecular weight is 354 g/mol. The van der Waals surface area contributed by atoms with Gasteiger partial charge in [0.15, 0.2) is 0 Å². The summed E-state index contributed by atoms with van der Waals surface area (Å²) in [6.07, 6.45) is 0.611. The summed E-state index contributed by atoms with van der Waals surface area (Å²) in [5.41, 5.74) is 2.51. The van der Waals surface area contributed by atoms with Crippen molar-refractivity contribution in [2.45, 2.75) is 26.3 Å². The molecule has 1 atom stereocenters. The molecule has 0 aliphatic carbocycles. The van der Waals surface area contributed by atoms with E-state index in [1.165, 1.54) is 18.2 Å². The lowest BCUT2D eigenvalue weighted by molar-refractivity contribution is 0.506. The fraction of sp³-hybridized carbons (Fsp3) is 0.294. The molecule has 1 N–H and O–H groups in total. The second-order valence-electron chi connectivity index (χ2n) is 5.02. The molecule has 2 rings (SSSR count). The molecule has 0 saturated heterocycles. The minimum absolute atomic E-state index is 0.158. The van der Waals surface area contributed by atoms with Crippen molar-refractivity contribution in [3.63, 3.8) is 0 Å². The molecule has 1 unspecified atom stereocenters. The largest absolute Gasteiger partial charge is 0.310 e. The van der Waals surface area contributed by atoms with Crippen LogP contribution in [0.2, 0.25) is 0 Å². The van der Waals surface area contributed by atoms with Crippen molar-refractivity contribution in [2.24, 2.45) is 0 Å². The Morgan fingerprint density at radius 1 is 1.19 bits per heavy atom. The lowest BCUT2D eigenvalue weighted by Crippen LogP contribution is -2.24.